The van der Waals surface area contributed by atoms with E-state index in [1.54, 1.807) is 14.2 Å². The quantitative estimate of drug-likeness (QED) is 0.538. The third kappa shape index (κ3) is 6.00. The maximum Gasteiger partial charge on any atom is 0.323 e. The highest BCUT2D eigenvalue weighted by Crippen LogP contribution is 2.17. The van der Waals surface area contributed by atoms with Crippen LogP contribution in [0.4, 0.5) is 0 Å². The molecule has 0 aromatic heterocycles. The lowest BCUT2D eigenvalue weighted by molar-refractivity contribution is -0.145. The minimum atomic E-state index is -0.810. The van der Waals surface area contributed by atoms with Crippen molar-refractivity contribution in [3.63, 3.8) is 0 Å². The molecule has 0 saturated heterocycles. The molecule has 0 saturated carbocycles. The normalized spacial score (nSPS) is 14.5. The number of aliphatic carboxylic acids is 1. The fourth-order valence-electron chi connectivity index (χ4n) is 1.73. The Hall–Kier alpha value is -0.650. The molecule has 2 N–H and O–H groups in total. The first-order chi connectivity index (χ1) is 8.13. The number of likely N-dealkylation sites (N-methyl/N-ethyl adjacent to an activating group) is 1. The second kappa shape index (κ2) is 9.39. The highest BCUT2D eigenvalue weighted by atomic mass is 16.5. The van der Waals surface area contributed by atoms with Gasteiger partial charge in [-0.25, -0.2) is 0 Å². The molecular formula is C12H25NO4. The van der Waals surface area contributed by atoms with Crippen LogP contribution < -0.4 is 5.32 Å². The van der Waals surface area contributed by atoms with Crippen LogP contribution in [0.2, 0.25) is 0 Å². The summed E-state index contributed by atoms with van der Waals surface area (Å²) in [6.07, 6.45) is 2.77. The molecule has 5 heteroatoms. The largest absolute Gasteiger partial charge is 0.480 e. The molecule has 1 atom stereocenters. The zero-order chi connectivity index (χ0) is 13.1. The van der Waals surface area contributed by atoms with Crippen molar-refractivity contribution in [2.24, 2.45) is 0 Å². The molecular weight excluding hydrogens is 222 g/mol. The van der Waals surface area contributed by atoms with Gasteiger partial charge < -0.3 is 19.9 Å². The van der Waals surface area contributed by atoms with E-state index in [9.17, 15) is 9.90 Å². The molecule has 102 valence electrons. The smallest absolute Gasteiger partial charge is 0.323 e. The monoisotopic (exact) mass is 247 g/mol. The van der Waals surface area contributed by atoms with E-state index < -0.39 is 11.5 Å². The maximum absolute atomic E-state index is 11.2. The van der Waals surface area contributed by atoms with E-state index in [1.165, 1.54) is 0 Å². The Labute approximate surface area is 103 Å². The lowest BCUT2D eigenvalue weighted by Crippen LogP contribution is -2.49. The number of carbonyl (C=O) groups is 1. The fourth-order valence-corrected chi connectivity index (χ4v) is 1.73. The van der Waals surface area contributed by atoms with Crippen molar-refractivity contribution in [3.8, 4) is 0 Å². The molecule has 0 aliphatic rings. The second-order valence-corrected chi connectivity index (χ2v) is 4.05. The average molecular weight is 247 g/mol. The molecule has 0 aliphatic heterocycles. The van der Waals surface area contributed by atoms with E-state index in [2.05, 4.69) is 5.32 Å². The lowest BCUT2D eigenvalue weighted by Gasteiger charge is -2.27. The van der Waals surface area contributed by atoms with Gasteiger partial charge in [0.05, 0.1) is 0 Å². The topological polar surface area (TPSA) is 67.8 Å². The van der Waals surface area contributed by atoms with Gasteiger partial charge in [0, 0.05) is 26.9 Å². The zero-order valence-electron chi connectivity index (χ0n) is 11.1. The molecule has 17 heavy (non-hydrogen) atoms. The van der Waals surface area contributed by atoms with Crippen LogP contribution in [-0.4, -0.2) is 50.6 Å². The van der Waals surface area contributed by atoms with Gasteiger partial charge in [0.1, 0.15) is 5.54 Å². The van der Waals surface area contributed by atoms with Crippen LogP contribution in [0.3, 0.4) is 0 Å². The first kappa shape index (κ1) is 16.4. The van der Waals surface area contributed by atoms with Gasteiger partial charge in [-0.15, -0.1) is 0 Å². The summed E-state index contributed by atoms with van der Waals surface area (Å²) in [5.41, 5.74) is -0.810. The number of methoxy groups -OCH3 is 1. The number of carboxylic acids is 1. The summed E-state index contributed by atoms with van der Waals surface area (Å²) in [5, 5.41) is 12.1. The van der Waals surface area contributed by atoms with Crippen LogP contribution in [0.5, 0.6) is 0 Å². The van der Waals surface area contributed by atoms with Crippen molar-refractivity contribution in [3.05, 3.63) is 0 Å². The molecule has 0 spiro atoms. The summed E-state index contributed by atoms with van der Waals surface area (Å²) in [4.78, 5) is 11.2. The van der Waals surface area contributed by atoms with E-state index in [1.807, 2.05) is 6.92 Å². The van der Waals surface area contributed by atoms with Crippen molar-refractivity contribution < 1.29 is 19.4 Å². The van der Waals surface area contributed by atoms with Gasteiger partial charge in [0.25, 0.3) is 0 Å². The van der Waals surface area contributed by atoms with Crippen molar-refractivity contribution in [1.29, 1.82) is 0 Å². The fraction of sp³-hybridized carbons (Fsp3) is 0.917. The Bertz CT molecular complexity index is 205. The van der Waals surface area contributed by atoms with Gasteiger partial charge in [-0.05, 0) is 32.7 Å². The molecule has 0 aromatic rings. The van der Waals surface area contributed by atoms with E-state index >= 15 is 0 Å². The molecule has 0 amide bonds. The summed E-state index contributed by atoms with van der Waals surface area (Å²) in [6, 6.07) is 0. The van der Waals surface area contributed by atoms with Crippen LogP contribution in [0.1, 0.15) is 32.6 Å². The standard InChI is InChI=1S/C12H25NO4/c1-4-12(13-2,11(14)15)7-5-9-17-10-6-8-16-3/h13H,4-10H2,1-3H3,(H,14,15). The highest BCUT2D eigenvalue weighted by molar-refractivity contribution is 5.78. The summed E-state index contributed by atoms with van der Waals surface area (Å²) < 4.78 is 10.3. The van der Waals surface area contributed by atoms with E-state index in [0.29, 0.717) is 32.7 Å². The molecule has 0 aliphatic carbocycles. The average Bonchev–Trinajstić information content (AvgIpc) is 2.33. The maximum atomic E-state index is 11.2. The third-order valence-corrected chi connectivity index (χ3v) is 3.02. The van der Waals surface area contributed by atoms with Crippen LogP contribution in [0.15, 0.2) is 0 Å². The van der Waals surface area contributed by atoms with Crippen LogP contribution in [0.25, 0.3) is 0 Å². The third-order valence-electron chi connectivity index (χ3n) is 3.02. The van der Waals surface area contributed by atoms with Gasteiger partial charge in [0.15, 0.2) is 0 Å². The number of carboxylic acid groups (broad SMARTS) is 1. The molecule has 0 heterocycles. The zero-order valence-corrected chi connectivity index (χ0v) is 11.1. The Morgan fingerprint density at radius 1 is 1.29 bits per heavy atom. The van der Waals surface area contributed by atoms with Crippen molar-refractivity contribution in [1.82, 2.24) is 5.32 Å². The summed E-state index contributed by atoms with van der Waals surface area (Å²) in [6.45, 7) is 3.84. The Kier molecular flexibility index (Phi) is 9.03. The lowest BCUT2D eigenvalue weighted by atomic mass is 9.91. The predicted octanol–water partition coefficient (Wildman–Crippen LogP) is 1.27. The molecule has 0 aromatic carbocycles. The minimum Gasteiger partial charge on any atom is -0.480 e. The molecule has 0 fully saturated rings. The molecule has 0 rings (SSSR count). The molecule has 1 unspecified atom stereocenters. The Morgan fingerprint density at radius 3 is 2.41 bits per heavy atom. The Morgan fingerprint density at radius 2 is 1.94 bits per heavy atom. The number of nitrogens with one attached hydrogen (secondary N) is 1. The molecule has 5 nitrogen and oxygen atoms in total. The van der Waals surface area contributed by atoms with Crippen molar-refractivity contribution in [2.45, 2.75) is 38.1 Å². The first-order valence-corrected chi connectivity index (χ1v) is 6.12. The number of ether oxygens (including phenoxy) is 2. The number of rotatable bonds is 11. The summed E-state index contributed by atoms with van der Waals surface area (Å²) in [5.74, 6) is -0.790. The van der Waals surface area contributed by atoms with Crippen LogP contribution in [-0.2, 0) is 14.3 Å². The van der Waals surface area contributed by atoms with Gasteiger partial charge >= 0.3 is 5.97 Å². The van der Waals surface area contributed by atoms with Gasteiger partial charge in [-0.3, -0.25) is 4.79 Å². The van der Waals surface area contributed by atoms with Gasteiger partial charge in [-0.2, -0.15) is 0 Å². The molecule has 0 bridgehead atoms. The first-order valence-electron chi connectivity index (χ1n) is 6.12. The SMILES string of the molecule is CCC(CCCOCCCOC)(NC)C(=O)O. The van der Waals surface area contributed by atoms with Gasteiger partial charge in [0.2, 0.25) is 0 Å². The highest BCUT2D eigenvalue weighted by Gasteiger charge is 2.33. The molecule has 0 radical (unpaired) electrons. The van der Waals surface area contributed by atoms with Crippen molar-refractivity contribution >= 4 is 5.97 Å². The van der Waals surface area contributed by atoms with E-state index in [-0.39, 0.29) is 0 Å². The second-order valence-electron chi connectivity index (χ2n) is 4.05. The number of hydrogen-bond acceptors (Lipinski definition) is 4. The Balaban J connectivity index is 3.73. The number of hydrogen-bond donors (Lipinski definition) is 2. The van der Waals surface area contributed by atoms with Gasteiger partial charge in [-0.1, -0.05) is 6.92 Å². The summed E-state index contributed by atoms with van der Waals surface area (Å²) in [7, 11) is 3.35. The van der Waals surface area contributed by atoms with E-state index in [4.69, 9.17) is 9.47 Å². The van der Waals surface area contributed by atoms with Crippen LogP contribution in [0, 0.1) is 0 Å². The minimum absolute atomic E-state index is 0.572. The van der Waals surface area contributed by atoms with Crippen LogP contribution >= 0.6 is 0 Å². The predicted molar refractivity (Wildman–Crippen MR) is 66.3 cm³/mol. The van der Waals surface area contributed by atoms with E-state index in [0.717, 1.165) is 12.8 Å². The summed E-state index contributed by atoms with van der Waals surface area (Å²) >= 11 is 0. The van der Waals surface area contributed by atoms with Crippen molar-refractivity contribution in [2.75, 3.05) is 34.0 Å².